The van der Waals surface area contributed by atoms with E-state index in [0.717, 1.165) is 0 Å². The number of carboxylic acids is 1. The molecule has 2 fully saturated rings. The Hall–Kier alpha value is -2.62. The monoisotopic (exact) mass is 410 g/mol. The maximum absolute atomic E-state index is 12.7. The van der Waals surface area contributed by atoms with Crippen molar-refractivity contribution in [2.45, 2.75) is 36.1 Å². The zero-order valence-corrected chi connectivity index (χ0v) is 17.0. The Bertz CT molecular complexity index is 816. The molecule has 2 aliphatic heterocycles. The highest BCUT2D eigenvalue weighted by Crippen LogP contribution is 2.50. The summed E-state index contributed by atoms with van der Waals surface area (Å²) in [7, 11) is 4.34. The van der Waals surface area contributed by atoms with Crippen LogP contribution in [0.3, 0.4) is 0 Å². The Balaban J connectivity index is 1.82. The van der Waals surface area contributed by atoms with E-state index in [9.17, 15) is 19.5 Å². The van der Waals surface area contributed by atoms with Crippen molar-refractivity contribution in [3.05, 3.63) is 17.7 Å². The standard InChI is InChI=1S/C18H22N2O7S/c1-18(2)13(17(23)24)20-15(22)11(16(20)28-18)19-14(21)8-6-9(25-3)12(27-5)10(7-8)26-4/h6-7,11,13,16H,1-5H3,(H,19,21)(H,23,24)/t11-,13+,16-/m1/s1. The summed E-state index contributed by atoms with van der Waals surface area (Å²) in [5.41, 5.74) is 0.234. The number of β-lactam (4-membered cyclic amide) rings is 1. The van der Waals surface area contributed by atoms with E-state index in [1.54, 1.807) is 13.8 Å². The molecule has 10 heteroatoms. The van der Waals surface area contributed by atoms with Gasteiger partial charge in [0.15, 0.2) is 11.5 Å². The first-order valence-corrected chi connectivity index (χ1v) is 9.38. The normalized spacial score (nSPS) is 24.8. The number of amides is 2. The summed E-state index contributed by atoms with van der Waals surface area (Å²) in [6.45, 7) is 3.56. The van der Waals surface area contributed by atoms with Crippen LogP contribution in [0.15, 0.2) is 12.1 Å². The van der Waals surface area contributed by atoms with Gasteiger partial charge in [-0.25, -0.2) is 4.79 Å². The first-order chi connectivity index (χ1) is 13.2. The minimum absolute atomic E-state index is 0.234. The topological polar surface area (TPSA) is 114 Å². The Morgan fingerprint density at radius 1 is 1.14 bits per heavy atom. The van der Waals surface area contributed by atoms with Crippen molar-refractivity contribution in [1.82, 2.24) is 10.2 Å². The number of thioether (sulfide) groups is 1. The molecule has 1 aromatic carbocycles. The third-order valence-corrected chi connectivity index (χ3v) is 6.46. The number of fused-ring (bicyclic) bond motifs is 1. The average molecular weight is 410 g/mol. The molecule has 0 aromatic heterocycles. The molecular weight excluding hydrogens is 388 g/mol. The third kappa shape index (κ3) is 3.01. The number of benzene rings is 1. The predicted octanol–water partition coefficient (Wildman–Crippen LogP) is 0.958. The van der Waals surface area contributed by atoms with Crippen molar-refractivity contribution in [3.63, 3.8) is 0 Å². The molecule has 0 bridgehead atoms. The molecule has 0 radical (unpaired) electrons. The van der Waals surface area contributed by atoms with Crippen LogP contribution < -0.4 is 19.5 Å². The Kier molecular flexibility index (Phi) is 5.09. The van der Waals surface area contributed by atoms with Gasteiger partial charge in [-0.2, -0.15) is 0 Å². The highest BCUT2D eigenvalue weighted by atomic mass is 32.2. The number of methoxy groups -OCH3 is 3. The second-order valence-corrected chi connectivity index (χ2v) is 8.73. The van der Waals surface area contributed by atoms with Crippen LogP contribution in [0.5, 0.6) is 17.2 Å². The van der Waals surface area contributed by atoms with Crippen LogP contribution in [0.4, 0.5) is 0 Å². The van der Waals surface area contributed by atoms with E-state index in [1.165, 1.54) is 50.1 Å². The number of nitrogens with one attached hydrogen (secondary N) is 1. The van der Waals surface area contributed by atoms with E-state index in [-0.39, 0.29) is 5.56 Å². The number of rotatable bonds is 6. The fourth-order valence-electron chi connectivity index (χ4n) is 3.58. The molecule has 152 valence electrons. The molecule has 9 nitrogen and oxygen atoms in total. The van der Waals surface area contributed by atoms with Crippen molar-refractivity contribution in [2.75, 3.05) is 21.3 Å². The van der Waals surface area contributed by atoms with Crippen LogP contribution in [-0.4, -0.2) is 71.3 Å². The Morgan fingerprint density at radius 2 is 1.71 bits per heavy atom. The summed E-state index contributed by atoms with van der Waals surface area (Å²) in [6.07, 6.45) is 0. The fraction of sp³-hybridized carbons (Fsp3) is 0.500. The number of ether oxygens (including phenoxy) is 3. The van der Waals surface area contributed by atoms with Crippen molar-refractivity contribution < 1.29 is 33.7 Å². The molecule has 2 amide bonds. The van der Waals surface area contributed by atoms with Crippen LogP contribution >= 0.6 is 11.8 Å². The lowest BCUT2D eigenvalue weighted by Crippen LogP contribution is -2.70. The maximum atomic E-state index is 12.7. The molecule has 1 aromatic rings. The molecule has 3 atom stereocenters. The molecule has 2 aliphatic rings. The molecule has 0 spiro atoms. The van der Waals surface area contributed by atoms with Gasteiger partial charge in [-0.15, -0.1) is 11.8 Å². The van der Waals surface area contributed by atoms with Gasteiger partial charge in [-0.05, 0) is 26.0 Å². The SMILES string of the molecule is COc1cc(C(=O)N[C@@H]2C(=O)N3[C@@H]2SC(C)(C)[C@@H]3C(=O)O)cc(OC)c1OC. The quantitative estimate of drug-likeness (QED) is 0.667. The van der Waals surface area contributed by atoms with Crippen LogP contribution in [0, 0.1) is 0 Å². The minimum atomic E-state index is -1.05. The molecule has 2 N–H and O–H groups in total. The number of hydrogen-bond donors (Lipinski definition) is 2. The summed E-state index contributed by atoms with van der Waals surface area (Å²) in [6, 6.07) is 1.26. The van der Waals surface area contributed by atoms with E-state index in [0.29, 0.717) is 17.2 Å². The van der Waals surface area contributed by atoms with E-state index >= 15 is 0 Å². The Morgan fingerprint density at radius 3 is 2.18 bits per heavy atom. The average Bonchev–Trinajstić information content (AvgIpc) is 2.92. The lowest BCUT2D eigenvalue weighted by Gasteiger charge is -2.43. The molecule has 3 rings (SSSR count). The van der Waals surface area contributed by atoms with Crippen LogP contribution in [0.1, 0.15) is 24.2 Å². The third-order valence-electron chi connectivity index (χ3n) is 4.89. The molecule has 0 aliphatic carbocycles. The second kappa shape index (κ2) is 7.08. The summed E-state index contributed by atoms with van der Waals surface area (Å²) >= 11 is 1.36. The van der Waals surface area contributed by atoms with Gasteiger partial charge in [0.05, 0.1) is 21.3 Å². The predicted molar refractivity (Wildman–Crippen MR) is 101 cm³/mol. The van der Waals surface area contributed by atoms with E-state index in [4.69, 9.17) is 14.2 Å². The number of aliphatic carboxylic acids is 1. The lowest BCUT2D eigenvalue weighted by atomic mass is 9.96. The molecule has 2 heterocycles. The number of hydrogen-bond acceptors (Lipinski definition) is 7. The molecule has 28 heavy (non-hydrogen) atoms. The summed E-state index contributed by atoms with van der Waals surface area (Å²) in [4.78, 5) is 38.2. The van der Waals surface area contributed by atoms with Crippen LogP contribution in [0.2, 0.25) is 0 Å². The first kappa shape index (κ1) is 20.1. The maximum Gasteiger partial charge on any atom is 0.327 e. The molecule has 2 saturated heterocycles. The van der Waals surface area contributed by atoms with E-state index in [1.807, 2.05) is 0 Å². The van der Waals surface area contributed by atoms with E-state index < -0.39 is 40.0 Å². The van der Waals surface area contributed by atoms with Gasteiger partial charge in [-0.3, -0.25) is 9.59 Å². The van der Waals surface area contributed by atoms with Crippen molar-refractivity contribution in [3.8, 4) is 17.2 Å². The molecule has 0 unspecified atom stereocenters. The zero-order valence-electron chi connectivity index (χ0n) is 16.1. The number of nitrogens with zero attached hydrogens (tertiary/aromatic N) is 1. The fourth-order valence-corrected chi connectivity index (χ4v) is 5.21. The first-order valence-electron chi connectivity index (χ1n) is 8.50. The van der Waals surface area contributed by atoms with E-state index in [2.05, 4.69) is 5.32 Å². The number of carbonyl (C=O) groups is 3. The summed E-state index contributed by atoms with van der Waals surface area (Å²) in [5, 5.41) is 11.7. The number of carbonyl (C=O) groups excluding carboxylic acids is 2. The van der Waals surface area contributed by atoms with Crippen molar-refractivity contribution >= 4 is 29.5 Å². The van der Waals surface area contributed by atoms with Crippen molar-refractivity contribution in [1.29, 1.82) is 0 Å². The highest BCUT2D eigenvalue weighted by molar-refractivity contribution is 8.01. The summed E-state index contributed by atoms with van der Waals surface area (Å²) < 4.78 is 15.1. The van der Waals surface area contributed by atoms with Gasteiger partial charge < -0.3 is 29.5 Å². The minimum Gasteiger partial charge on any atom is -0.493 e. The van der Waals surface area contributed by atoms with Crippen molar-refractivity contribution in [2.24, 2.45) is 0 Å². The van der Waals surface area contributed by atoms with Gasteiger partial charge in [0.25, 0.3) is 5.91 Å². The van der Waals surface area contributed by atoms with Gasteiger partial charge in [-0.1, -0.05) is 0 Å². The molecule has 0 saturated carbocycles. The molecular formula is C18H22N2O7S. The van der Waals surface area contributed by atoms with Gasteiger partial charge in [0, 0.05) is 10.3 Å². The van der Waals surface area contributed by atoms with Gasteiger partial charge in [0.2, 0.25) is 11.7 Å². The van der Waals surface area contributed by atoms with Gasteiger partial charge >= 0.3 is 5.97 Å². The summed E-state index contributed by atoms with van der Waals surface area (Å²) in [5.74, 6) is -0.968. The van der Waals surface area contributed by atoms with Crippen LogP contribution in [0.25, 0.3) is 0 Å². The smallest absolute Gasteiger partial charge is 0.327 e. The second-order valence-electron chi connectivity index (χ2n) is 6.96. The zero-order chi connectivity index (χ0) is 20.8. The Labute approximate surface area is 166 Å². The lowest BCUT2D eigenvalue weighted by molar-refractivity contribution is -0.159. The largest absolute Gasteiger partial charge is 0.493 e. The highest BCUT2D eigenvalue weighted by Gasteiger charge is 2.64. The van der Waals surface area contributed by atoms with Crippen LogP contribution in [-0.2, 0) is 9.59 Å². The number of carboxylic acid groups (broad SMARTS) is 1. The van der Waals surface area contributed by atoms with Gasteiger partial charge in [0.1, 0.15) is 17.5 Å².